The normalized spacial score (nSPS) is 13.2. The Balaban J connectivity index is -0.000000268. The highest BCUT2D eigenvalue weighted by Gasteiger charge is 2.09. The maximum Gasteiger partial charge on any atom is 0.0406 e. The molecule has 1 aromatic rings. The second-order valence-corrected chi connectivity index (χ2v) is 6.85. The van der Waals surface area contributed by atoms with Gasteiger partial charge in [-0.25, -0.2) is 0 Å². The lowest BCUT2D eigenvalue weighted by Crippen LogP contribution is -2.03. The number of aryl methyl sites for hydroxylation is 1. The van der Waals surface area contributed by atoms with Gasteiger partial charge >= 0.3 is 0 Å². The van der Waals surface area contributed by atoms with Crippen molar-refractivity contribution in [2.45, 2.75) is 107 Å². The van der Waals surface area contributed by atoms with Gasteiger partial charge in [-0.15, -0.1) is 0 Å². The van der Waals surface area contributed by atoms with Gasteiger partial charge in [0.2, 0.25) is 0 Å². The van der Waals surface area contributed by atoms with Crippen LogP contribution in [0.15, 0.2) is 24.3 Å². The van der Waals surface area contributed by atoms with Gasteiger partial charge in [-0.1, -0.05) is 129 Å². The van der Waals surface area contributed by atoms with E-state index in [1.54, 1.807) is 0 Å². The number of benzene rings is 1. The monoisotopic (exact) mass is 356 g/mol. The second-order valence-electron chi connectivity index (χ2n) is 6.41. The van der Waals surface area contributed by atoms with E-state index < -0.39 is 0 Å². The predicted octanol–water partition coefficient (Wildman–Crippen LogP) is 9.48. The van der Waals surface area contributed by atoms with Crippen molar-refractivity contribution >= 4 is 11.6 Å². The van der Waals surface area contributed by atoms with Crippen molar-refractivity contribution in [1.82, 2.24) is 0 Å². The van der Waals surface area contributed by atoms with E-state index in [2.05, 4.69) is 20.8 Å². The summed E-state index contributed by atoms with van der Waals surface area (Å²) in [7, 11) is 0. The average Bonchev–Trinajstić information content (AvgIpc) is 2.57. The zero-order chi connectivity index (χ0) is 16.6. The topological polar surface area (TPSA) is 0 Å². The lowest BCUT2D eigenvalue weighted by molar-refractivity contribution is 0.349. The molecule has 1 heteroatoms. The largest absolute Gasteiger partial charge is 0.0843 e. The van der Waals surface area contributed by atoms with Crippen LogP contribution in [-0.4, -0.2) is 0 Å². The highest BCUT2D eigenvalue weighted by molar-refractivity contribution is 6.30. The highest BCUT2D eigenvalue weighted by Crippen LogP contribution is 2.25. The number of hydrogen-bond acceptors (Lipinski definition) is 0. The van der Waals surface area contributed by atoms with Crippen LogP contribution in [-0.2, 0) is 0 Å². The van der Waals surface area contributed by atoms with E-state index in [0.717, 1.165) is 10.9 Å². The summed E-state index contributed by atoms with van der Waals surface area (Å²) in [5.41, 5.74) is 1.24. The Morgan fingerprint density at radius 1 is 0.833 bits per heavy atom. The van der Waals surface area contributed by atoms with Crippen LogP contribution in [0.25, 0.3) is 0 Å². The molecule has 0 amide bonds. The lowest BCUT2D eigenvalue weighted by Gasteiger charge is -2.18. The van der Waals surface area contributed by atoms with Crippen LogP contribution in [0.1, 0.15) is 105 Å². The molecular weight excluding hydrogens is 312 g/mol. The molecule has 1 aromatic carbocycles. The zero-order valence-electron chi connectivity index (χ0n) is 15.3. The number of halogens is 1. The third kappa shape index (κ3) is 17.9. The molecule has 1 aliphatic rings. The molecule has 0 N–H and O–H groups in total. The third-order valence-electron chi connectivity index (χ3n) is 4.27. The quantitative estimate of drug-likeness (QED) is 0.471. The van der Waals surface area contributed by atoms with E-state index in [9.17, 15) is 0 Å². The Kier molecular flexibility index (Phi) is 24.3. The van der Waals surface area contributed by atoms with Gasteiger partial charge in [0, 0.05) is 5.02 Å². The summed E-state index contributed by atoms with van der Waals surface area (Å²) >= 11 is 5.61. The first-order valence-electron chi connectivity index (χ1n) is 9.36. The second kappa shape index (κ2) is 20.6. The van der Waals surface area contributed by atoms with Crippen molar-refractivity contribution in [3.8, 4) is 0 Å². The van der Waals surface area contributed by atoms with Gasteiger partial charge in [0.15, 0.2) is 0 Å². The van der Waals surface area contributed by atoms with Crippen LogP contribution >= 0.6 is 11.6 Å². The van der Waals surface area contributed by atoms with Gasteiger partial charge in [-0.05, 0) is 25.0 Å². The molecule has 144 valence electrons. The minimum Gasteiger partial charge on any atom is -0.0843 e. The van der Waals surface area contributed by atoms with Crippen LogP contribution in [0.2, 0.25) is 5.02 Å². The van der Waals surface area contributed by atoms with Gasteiger partial charge in [0.1, 0.15) is 0 Å². The molecule has 0 nitrogen and oxygen atoms in total. The summed E-state index contributed by atoms with van der Waals surface area (Å²) in [6.07, 6.45) is 14.5. The van der Waals surface area contributed by atoms with Gasteiger partial charge in [-0.3, -0.25) is 0 Å². The van der Waals surface area contributed by atoms with Crippen LogP contribution in [0.3, 0.4) is 0 Å². The van der Waals surface area contributed by atoms with Crippen LogP contribution in [0.4, 0.5) is 0 Å². The van der Waals surface area contributed by atoms with Crippen molar-refractivity contribution in [2.24, 2.45) is 5.92 Å². The number of hydrogen-bond donors (Lipinski definition) is 0. The Morgan fingerprint density at radius 2 is 1.29 bits per heavy atom. The van der Waals surface area contributed by atoms with Crippen molar-refractivity contribution in [3.05, 3.63) is 34.9 Å². The summed E-state index contributed by atoms with van der Waals surface area (Å²) in [6, 6.07) is 7.75. The molecule has 0 unspecified atom stereocenters. The van der Waals surface area contributed by atoms with Gasteiger partial charge in [0.25, 0.3) is 0 Å². The maximum absolute atomic E-state index is 5.61. The summed E-state index contributed by atoms with van der Waals surface area (Å²) < 4.78 is 0. The van der Waals surface area contributed by atoms with E-state index in [1.165, 1.54) is 69.8 Å². The SMILES string of the molecule is C.C.CCC1CCCCC1.CCCCCC.Cc1ccc(Cl)cc1. The number of rotatable bonds is 4. The molecule has 1 saturated carbocycles. The van der Waals surface area contributed by atoms with E-state index in [0.29, 0.717) is 0 Å². The molecule has 2 rings (SSSR count). The molecular formula is C23H45Cl. The molecule has 0 radical (unpaired) electrons. The fourth-order valence-electron chi connectivity index (χ4n) is 2.63. The molecule has 0 bridgehead atoms. The Labute approximate surface area is 159 Å². The van der Waals surface area contributed by atoms with Crippen molar-refractivity contribution < 1.29 is 0 Å². The molecule has 0 atom stereocenters. The molecule has 0 aliphatic heterocycles. The van der Waals surface area contributed by atoms with E-state index in [-0.39, 0.29) is 14.9 Å². The zero-order valence-corrected chi connectivity index (χ0v) is 16.1. The van der Waals surface area contributed by atoms with Gasteiger partial charge in [0.05, 0.1) is 0 Å². The Morgan fingerprint density at radius 3 is 1.58 bits per heavy atom. The minimum absolute atomic E-state index is 0. The number of unbranched alkanes of at least 4 members (excludes halogenated alkanes) is 3. The van der Waals surface area contributed by atoms with Crippen molar-refractivity contribution in [3.63, 3.8) is 0 Å². The lowest BCUT2D eigenvalue weighted by atomic mass is 9.88. The van der Waals surface area contributed by atoms with Crippen LogP contribution in [0.5, 0.6) is 0 Å². The Bertz CT molecular complexity index is 297. The summed E-state index contributed by atoms with van der Waals surface area (Å²) in [4.78, 5) is 0. The highest BCUT2D eigenvalue weighted by atomic mass is 35.5. The van der Waals surface area contributed by atoms with Gasteiger partial charge in [-0.2, -0.15) is 0 Å². The van der Waals surface area contributed by atoms with Crippen molar-refractivity contribution in [1.29, 1.82) is 0 Å². The summed E-state index contributed by atoms with van der Waals surface area (Å²) in [5, 5.41) is 0.801. The van der Waals surface area contributed by atoms with Crippen LogP contribution < -0.4 is 0 Å². The van der Waals surface area contributed by atoms with E-state index in [1.807, 2.05) is 31.2 Å². The maximum atomic E-state index is 5.61. The molecule has 1 fully saturated rings. The Hall–Kier alpha value is -0.490. The standard InChI is InChI=1S/C8H16.C7H7Cl.C6H14.2CH4/c1-2-8-6-4-3-5-7-8;1-6-2-4-7(8)5-3-6;1-3-5-6-4-2;;/h8H,2-7H2,1H3;2-5H,1H3;3-6H2,1-2H3;2*1H4. The molecule has 0 aromatic heterocycles. The van der Waals surface area contributed by atoms with Crippen molar-refractivity contribution in [2.75, 3.05) is 0 Å². The fourth-order valence-corrected chi connectivity index (χ4v) is 2.75. The molecule has 24 heavy (non-hydrogen) atoms. The smallest absolute Gasteiger partial charge is 0.0406 e. The first-order chi connectivity index (χ1) is 10.6. The fraction of sp³-hybridized carbons (Fsp3) is 0.739. The predicted molar refractivity (Wildman–Crippen MR) is 116 cm³/mol. The first kappa shape index (κ1) is 28.3. The minimum atomic E-state index is 0. The van der Waals surface area contributed by atoms with E-state index in [4.69, 9.17) is 11.6 Å². The van der Waals surface area contributed by atoms with Crippen LogP contribution in [0, 0.1) is 12.8 Å². The first-order valence-corrected chi connectivity index (χ1v) is 9.73. The summed E-state index contributed by atoms with van der Waals surface area (Å²) in [5.74, 6) is 1.09. The average molecular weight is 357 g/mol. The molecule has 0 saturated heterocycles. The van der Waals surface area contributed by atoms with E-state index >= 15 is 0 Å². The van der Waals surface area contributed by atoms with Gasteiger partial charge < -0.3 is 0 Å². The third-order valence-corrected chi connectivity index (χ3v) is 4.52. The molecule has 0 spiro atoms. The molecule has 1 aliphatic carbocycles. The summed E-state index contributed by atoms with van der Waals surface area (Å²) in [6.45, 7) is 8.82. The molecule has 0 heterocycles.